The molecule has 3 aromatic rings. The fraction of sp³-hybridized carbons (Fsp3) is 0.231. The second kappa shape index (κ2) is 11.6. The van der Waals surface area contributed by atoms with Crippen molar-refractivity contribution in [3.05, 3.63) is 86.5 Å². The van der Waals surface area contributed by atoms with Gasteiger partial charge in [0.2, 0.25) is 0 Å². The number of benzene rings is 2. The SMILES string of the molecule is COCCC(C(=O)Cc1ccc(C(N)=O)c(F)c1)n1cc(OC)c(-c2cc(Cl)ccc2C#N)cc1=O. The van der Waals surface area contributed by atoms with Crippen molar-refractivity contribution in [2.75, 3.05) is 20.8 Å². The number of primary amides is 1. The fourth-order valence-electron chi connectivity index (χ4n) is 3.85. The number of ketones is 1. The number of amides is 1. The Kier molecular flexibility index (Phi) is 8.59. The van der Waals surface area contributed by atoms with E-state index in [2.05, 4.69) is 6.07 Å². The van der Waals surface area contributed by atoms with Gasteiger partial charge in [-0.15, -0.1) is 0 Å². The van der Waals surface area contributed by atoms with Crippen LogP contribution in [-0.4, -0.2) is 37.1 Å². The van der Waals surface area contributed by atoms with Crippen LogP contribution in [0.5, 0.6) is 5.75 Å². The van der Waals surface area contributed by atoms with Crippen molar-refractivity contribution in [1.29, 1.82) is 5.26 Å². The van der Waals surface area contributed by atoms with Gasteiger partial charge >= 0.3 is 0 Å². The Bertz CT molecular complexity index is 1410. The van der Waals surface area contributed by atoms with E-state index in [1.807, 2.05) is 0 Å². The third-order valence-electron chi connectivity index (χ3n) is 5.64. The van der Waals surface area contributed by atoms with Crippen LogP contribution < -0.4 is 16.0 Å². The molecule has 0 aliphatic rings. The topological polar surface area (TPSA) is 124 Å². The number of nitrogens with two attached hydrogens (primary N) is 1. The van der Waals surface area contributed by atoms with Crippen LogP contribution >= 0.6 is 11.6 Å². The molecular weight excluding hydrogens is 489 g/mol. The van der Waals surface area contributed by atoms with Crippen LogP contribution in [0.15, 0.2) is 53.5 Å². The summed E-state index contributed by atoms with van der Waals surface area (Å²) in [7, 11) is 2.87. The number of methoxy groups -OCH3 is 2. The normalized spacial score (nSPS) is 11.5. The quantitative estimate of drug-likeness (QED) is 0.443. The summed E-state index contributed by atoms with van der Waals surface area (Å²) in [6.07, 6.45) is 1.36. The summed E-state index contributed by atoms with van der Waals surface area (Å²) >= 11 is 6.11. The molecule has 0 bridgehead atoms. The highest BCUT2D eigenvalue weighted by Crippen LogP contribution is 2.33. The molecule has 10 heteroatoms. The van der Waals surface area contributed by atoms with Gasteiger partial charge in [0.25, 0.3) is 11.5 Å². The average molecular weight is 512 g/mol. The number of hydrogen-bond donors (Lipinski definition) is 1. The van der Waals surface area contributed by atoms with E-state index in [0.717, 1.165) is 6.07 Å². The van der Waals surface area contributed by atoms with E-state index in [1.165, 1.54) is 49.2 Å². The molecule has 1 atom stereocenters. The van der Waals surface area contributed by atoms with Gasteiger partial charge in [0.05, 0.1) is 36.5 Å². The largest absolute Gasteiger partial charge is 0.495 e. The maximum Gasteiger partial charge on any atom is 0.252 e. The van der Waals surface area contributed by atoms with Crippen molar-refractivity contribution >= 4 is 23.3 Å². The molecule has 0 spiro atoms. The van der Waals surface area contributed by atoms with Crippen LogP contribution in [0.2, 0.25) is 5.02 Å². The van der Waals surface area contributed by atoms with E-state index in [-0.39, 0.29) is 36.5 Å². The smallest absolute Gasteiger partial charge is 0.252 e. The molecule has 186 valence electrons. The molecule has 0 aliphatic heterocycles. The molecular formula is C26H23ClFN3O5. The minimum absolute atomic E-state index is 0.167. The lowest BCUT2D eigenvalue weighted by atomic mass is 9.98. The second-order valence-corrected chi connectivity index (χ2v) is 8.36. The van der Waals surface area contributed by atoms with E-state index in [1.54, 1.807) is 12.1 Å². The molecule has 0 saturated heterocycles. The number of Topliss-reactive ketones (excluding diaryl/α,β-unsaturated/α-hetero) is 1. The molecule has 3 rings (SSSR count). The molecule has 0 saturated carbocycles. The first-order chi connectivity index (χ1) is 17.2. The summed E-state index contributed by atoms with van der Waals surface area (Å²) in [6.45, 7) is 0.175. The minimum atomic E-state index is -0.950. The lowest BCUT2D eigenvalue weighted by molar-refractivity contribution is -0.122. The molecule has 2 aromatic carbocycles. The maximum atomic E-state index is 14.2. The zero-order chi connectivity index (χ0) is 26.4. The lowest BCUT2D eigenvalue weighted by Crippen LogP contribution is -2.31. The Morgan fingerprint density at radius 1 is 1.17 bits per heavy atom. The third kappa shape index (κ3) is 5.79. The van der Waals surface area contributed by atoms with Gasteiger partial charge in [-0.25, -0.2) is 4.39 Å². The summed E-state index contributed by atoms with van der Waals surface area (Å²) in [6, 6.07) is 10.8. The Labute approximate surface area is 211 Å². The van der Waals surface area contributed by atoms with Gasteiger partial charge in [-0.05, 0) is 42.3 Å². The van der Waals surface area contributed by atoms with Gasteiger partial charge in [0.1, 0.15) is 11.6 Å². The molecule has 0 radical (unpaired) electrons. The highest BCUT2D eigenvalue weighted by Gasteiger charge is 2.24. The van der Waals surface area contributed by atoms with Crippen molar-refractivity contribution in [3.8, 4) is 22.9 Å². The first-order valence-corrected chi connectivity index (χ1v) is 11.2. The molecule has 8 nitrogen and oxygen atoms in total. The van der Waals surface area contributed by atoms with Gasteiger partial charge in [-0.3, -0.25) is 14.4 Å². The number of hydrogen-bond acceptors (Lipinski definition) is 6. The monoisotopic (exact) mass is 511 g/mol. The molecule has 36 heavy (non-hydrogen) atoms. The average Bonchev–Trinajstić information content (AvgIpc) is 2.84. The highest BCUT2D eigenvalue weighted by atomic mass is 35.5. The number of carbonyl (C=O) groups excluding carboxylic acids is 2. The number of nitriles is 1. The molecule has 1 aromatic heterocycles. The van der Waals surface area contributed by atoms with Crippen LogP contribution in [0, 0.1) is 17.1 Å². The molecule has 1 heterocycles. The fourth-order valence-corrected chi connectivity index (χ4v) is 4.03. The summed E-state index contributed by atoms with van der Waals surface area (Å²) in [5.74, 6) is -1.88. The van der Waals surface area contributed by atoms with Crippen LogP contribution in [0.3, 0.4) is 0 Å². The van der Waals surface area contributed by atoms with Gasteiger partial charge < -0.3 is 19.8 Å². The lowest BCUT2D eigenvalue weighted by Gasteiger charge is -2.21. The molecule has 1 unspecified atom stereocenters. The maximum absolute atomic E-state index is 14.2. The standard InChI is InChI=1S/C26H23ClFN3O5/c1-35-8-7-22(23(32)10-15-3-6-18(26(30)34)21(28)9-15)31-14-24(36-2)20(12-25(31)33)19-11-17(27)5-4-16(19)13-29/h3-6,9,11-12,14,22H,7-8,10H2,1-2H3,(H2,30,34). The minimum Gasteiger partial charge on any atom is -0.495 e. The van der Waals surface area contributed by atoms with Crippen molar-refractivity contribution in [3.63, 3.8) is 0 Å². The summed E-state index contributed by atoms with van der Waals surface area (Å²) in [4.78, 5) is 37.7. The summed E-state index contributed by atoms with van der Waals surface area (Å²) < 4.78 is 26.0. The third-order valence-corrected chi connectivity index (χ3v) is 5.87. The van der Waals surface area contributed by atoms with E-state index < -0.39 is 23.3 Å². The zero-order valence-electron chi connectivity index (χ0n) is 19.6. The van der Waals surface area contributed by atoms with Gasteiger partial charge in [0.15, 0.2) is 5.78 Å². The first-order valence-electron chi connectivity index (χ1n) is 10.8. The Balaban J connectivity index is 2.04. The van der Waals surface area contributed by atoms with Crippen LogP contribution in [0.1, 0.15) is 33.9 Å². The highest BCUT2D eigenvalue weighted by molar-refractivity contribution is 6.31. The Morgan fingerprint density at radius 2 is 1.92 bits per heavy atom. The molecule has 0 aliphatic carbocycles. The number of pyridine rings is 1. The first kappa shape index (κ1) is 26.6. The number of carbonyl (C=O) groups is 2. The van der Waals surface area contributed by atoms with Gasteiger partial charge in [-0.2, -0.15) is 5.26 Å². The summed E-state index contributed by atoms with van der Waals surface area (Å²) in [5.41, 5.74) is 5.71. The van der Waals surface area contributed by atoms with E-state index in [9.17, 15) is 24.0 Å². The molecule has 2 N–H and O–H groups in total. The van der Waals surface area contributed by atoms with Crippen molar-refractivity contribution in [2.24, 2.45) is 5.73 Å². The van der Waals surface area contributed by atoms with Crippen molar-refractivity contribution < 1.29 is 23.5 Å². The zero-order valence-corrected chi connectivity index (χ0v) is 20.3. The number of halogens is 2. The number of aromatic nitrogens is 1. The Morgan fingerprint density at radius 3 is 2.53 bits per heavy atom. The van der Waals surface area contributed by atoms with Crippen LogP contribution in [0.4, 0.5) is 4.39 Å². The van der Waals surface area contributed by atoms with Crippen molar-refractivity contribution in [2.45, 2.75) is 18.9 Å². The van der Waals surface area contributed by atoms with E-state index >= 15 is 0 Å². The van der Waals surface area contributed by atoms with Gasteiger partial charge in [0, 0.05) is 42.4 Å². The van der Waals surface area contributed by atoms with Crippen LogP contribution in [0.25, 0.3) is 11.1 Å². The second-order valence-electron chi connectivity index (χ2n) is 7.92. The van der Waals surface area contributed by atoms with Gasteiger partial charge in [-0.1, -0.05) is 17.7 Å². The van der Waals surface area contributed by atoms with Crippen LogP contribution in [-0.2, 0) is 16.0 Å². The molecule has 0 fully saturated rings. The predicted molar refractivity (Wildman–Crippen MR) is 132 cm³/mol. The van der Waals surface area contributed by atoms with Crippen molar-refractivity contribution in [1.82, 2.24) is 4.57 Å². The summed E-state index contributed by atoms with van der Waals surface area (Å²) in [5, 5.41) is 9.87. The predicted octanol–water partition coefficient (Wildman–Crippen LogP) is 3.68. The Hall–Kier alpha value is -4.00. The number of rotatable bonds is 10. The number of nitrogens with zero attached hydrogens (tertiary/aromatic N) is 2. The molecule has 1 amide bonds. The van der Waals surface area contributed by atoms with E-state index in [0.29, 0.717) is 27.3 Å². The van der Waals surface area contributed by atoms with E-state index in [4.69, 9.17) is 26.8 Å². The number of ether oxygens (including phenoxy) is 2.